The van der Waals surface area contributed by atoms with E-state index in [4.69, 9.17) is 5.73 Å². The zero-order chi connectivity index (χ0) is 11.5. The summed E-state index contributed by atoms with van der Waals surface area (Å²) >= 11 is 3.51. The molecule has 0 spiro atoms. The molecule has 0 aliphatic carbocycles. The Morgan fingerprint density at radius 1 is 1.38 bits per heavy atom. The number of hydrogen-bond donors (Lipinski definition) is 1. The van der Waals surface area contributed by atoms with Gasteiger partial charge in [0.15, 0.2) is 0 Å². The molecule has 0 bridgehead atoms. The van der Waals surface area contributed by atoms with Gasteiger partial charge in [-0.1, -0.05) is 24.3 Å². The summed E-state index contributed by atoms with van der Waals surface area (Å²) in [4.78, 5) is 0. The van der Waals surface area contributed by atoms with Gasteiger partial charge in [-0.3, -0.25) is 0 Å². The molecule has 5 heteroatoms. The fraction of sp³-hybridized carbons (Fsp3) is 0.273. The summed E-state index contributed by atoms with van der Waals surface area (Å²) in [5.74, 6) is 0. The zero-order valence-electron chi connectivity index (χ0n) is 9.02. The van der Waals surface area contributed by atoms with Gasteiger partial charge < -0.3 is 5.73 Å². The minimum absolute atomic E-state index is 0.424. The second-order valence-electron chi connectivity index (χ2n) is 3.40. The van der Waals surface area contributed by atoms with Gasteiger partial charge in [-0.15, -0.1) is 5.10 Å². The summed E-state index contributed by atoms with van der Waals surface area (Å²) in [6, 6.07) is 7.93. The van der Waals surface area contributed by atoms with Crippen molar-refractivity contribution in [3.8, 4) is 5.69 Å². The predicted molar refractivity (Wildman–Crippen MR) is 66.3 cm³/mol. The van der Waals surface area contributed by atoms with E-state index < -0.39 is 0 Å². The highest BCUT2D eigenvalue weighted by Crippen LogP contribution is 2.22. The van der Waals surface area contributed by atoms with E-state index in [0.717, 1.165) is 28.0 Å². The van der Waals surface area contributed by atoms with Crippen LogP contribution in [0.3, 0.4) is 0 Å². The van der Waals surface area contributed by atoms with Crippen molar-refractivity contribution < 1.29 is 0 Å². The molecule has 16 heavy (non-hydrogen) atoms. The molecule has 2 rings (SSSR count). The third-order valence-corrected chi connectivity index (χ3v) is 3.12. The average molecular weight is 281 g/mol. The van der Waals surface area contributed by atoms with Gasteiger partial charge in [0.1, 0.15) is 0 Å². The molecule has 1 aromatic carbocycles. The lowest BCUT2D eigenvalue weighted by atomic mass is 10.2. The van der Waals surface area contributed by atoms with Crippen LogP contribution in [0.1, 0.15) is 18.3 Å². The van der Waals surface area contributed by atoms with Crippen LogP contribution in [0.25, 0.3) is 5.69 Å². The summed E-state index contributed by atoms with van der Waals surface area (Å²) in [5, 5.41) is 8.24. The third-order valence-electron chi connectivity index (χ3n) is 2.45. The molecule has 0 saturated heterocycles. The molecule has 0 saturated carbocycles. The van der Waals surface area contributed by atoms with Crippen molar-refractivity contribution in [3.05, 3.63) is 40.1 Å². The monoisotopic (exact) mass is 280 g/mol. The Hall–Kier alpha value is -1.20. The number of nitrogens with zero attached hydrogens (tertiary/aromatic N) is 3. The van der Waals surface area contributed by atoms with Crippen molar-refractivity contribution in [1.29, 1.82) is 0 Å². The van der Waals surface area contributed by atoms with Gasteiger partial charge in [-0.2, -0.15) is 0 Å². The fourth-order valence-electron chi connectivity index (χ4n) is 1.66. The average Bonchev–Trinajstić information content (AvgIpc) is 2.72. The van der Waals surface area contributed by atoms with E-state index in [2.05, 4.69) is 33.2 Å². The second-order valence-corrected chi connectivity index (χ2v) is 4.26. The highest BCUT2D eigenvalue weighted by molar-refractivity contribution is 9.10. The molecule has 0 unspecified atom stereocenters. The first-order chi connectivity index (χ1) is 7.77. The number of para-hydroxylation sites is 1. The molecule has 4 nitrogen and oxygen atoms in total. The summed E-state index contributed by atoms with van der Waals surface area (Å²) in [6.07, 6.45) is 0.862. The maximum absolute atomic E-state index is 5.63. The van der Waals surface area contributed by atoms with Gasteiger partial charge in [0.25, 0.3) is 0 Å². The van der Waals surface area contributed by atoms with Crippen LogP contribution in [0.15, 0.2) is 28.7 Å². The zero-order valence-corrected chi connectivity index (χ0v) is 10.6. The van der Waals surface area contributed by atoms with E-state index >= 15 is 0 Å². The van der Waals surface area contributed by atoms with Crippen LogP contribution in [-0.2, 0) is 13.0 Å². The molecule has 2 N–H and O–H groups in total. The van der Waals surface area contributed by atoms with Crippen LogP contribution >= 0.6 is 15.9 Å². The highest BCUT2D eigenvalue weighted by atomic mass is 79.9. The molecule has 1 heterocycles. The third kappa shape index (κ3) is 1.88. The van der Waals surface area contributed by atoms with Crippen LogP contribution in [0.4, 0.5) is 0 Å². The van der Waals surface area contributed by atoms with Gasteiger partial charge in [0.2, 0.25) is 0 Å². The molecule has 0 fully saturated rings. The Morgan fingerprint density at radius 3 is 2.75 bits per heavy atom. The molecular formula is C11H13BrN4. The standard InChI is InChI=1S/C11H13BrN4/c1-2-10-9(7-13)14-15-16(10)11-6-4-3-5-8(11)12/h3-6H,2,7,13H2,1H3. The van der Waals surface area contributed by atoms with Gasteiger partial charge in [0.05, 0.1) is 17.1 Å². The normalized spacial score (nSPS) is 10.7. The SMILES string of the molecule is CCc1c(CN)nnn1-c1ccccc1Br. The van der Waals surface area contributed by atoms with Crippen LogP contribution in [0.2, 0.25) is 0 Å². The number of halogens is 1. The van der Waals surface area contributed by atoms with Gasteiger partial charge in [0, 0.05) is 11.0 Å². The molecule has 0 aliphatic heterocycles. The van der Waals surface area contributed by atoms with Crippen LogP contribution < -0.4 is 5.73 Å². The first-order valence-electron chi connectivity index (χ1n) is 5.16. The number of nitrogens with two attached hydrogens (primary N) is 1. The lowest BCUT2D eigenvalue weighted by Crippen LogP contribution is -2.05. The van der Waals surface area contributed by atoms with E-state index in [1.165, 1.54) is 0 Å². The Labute approximate surface area is 103 Å². The largest absolute Gasteiger partial charge is 0.325 e. The van der Waals surface area contributed by atoms with Gasteiger partial charge in [-0.05, 0) is 34.5 Å². The number of hydrogen-bond acceptors (Lipinski definition) is 3. The molecular weight excluding hydrogens is 268 g/mol. The minimum atomic E-state index is 0.424. The van der Waals surface area contributed by atoms with Gasteiger partial charge in [-0.25, -0.2) is 4.68 Å². The number of rotatable bonds is 3. The smallest absolute Gasteiger partial charge is 0.0999 e. The summed E-state index contributed by atoms with van der Waals surface area (Å²) in [6.45, 7) is 2.50. The Kier molecular flexibility index (Phi) is 3.36. The molecule has 0 aliphatic rings. The lowest BCUT2D eigenvalue weighted by molar-refractivity contribution is 0.764. The predicted octanol–water partition coefficient (Wildman–Crippen LogP) is 2.05. The van der Waals surface area contributed by atoms with E-state index in [-0.39, 0.29) is 0 Å². The molecule has 2 aromatic rings. The highest BCUT2D eigenvalue weighted by Gasteiger charge is 2.12. The number of benzene rings is 1. The van der Waals surface area contributed by atoms with Gasteiger partial charge >= 0.3 is 0 Å². The number of aromatic nitrogens is 3. The van der Waals surface area contributed by atoms with Crippen LogP contribution in [-0.4, -0.2) is 15.0 Å². The molecule has 84 valence electrons. The topological polar surface area (TPSA) is 56.7 Å². The maximum atomic E-state index is 5.63. The summed E-state index contributed by atoms with van der Waals surface area (Å²) < 4.78 is 2.84. The maximum Gasteiger partial charge on any atom is 0.0999 e. The van der Waals surface area contributed by atoms with Crippen molar-refractivity contribution >= 4 is 15.9 Å². The van der Waals surface area contributed by atoms with E-state index in [9.17, 15) is 0 Å². The van der Waals surface area contributed by atoms with Crippen molar-refractivity contribution in [2.24, 2.45) is 5.73 Å². The van der Waals surface area contributed by atoms with E-state index in [0.29, 0.717) is 6.54 Å². The quantitative estimate of drug-likeness (QED) is 0.936. The Morgan fingerprint density at radius 2 is 2.12 bits per heavy atom. The van der Waals surface area contributed by atoms with Crippen molar-refractivity contribution in [2.45, 2.75) is 19.9 Å². The second kappa shape index (κ2) is 4.76. The van der Waals surface area contributed by atoms with Crippen molar-refractivity contribution in [3.63, 3.8) is 0 Å². The summed E-state index contributed by atoms with van der Waals surface area (Å²) in [5.41, 5.74) is 8.54. The molecule has 0 radical (unpaired) electrons. The van der Waals surface area contributed by atoms with Crippen LogP contribution in [0, 0.1) is 0 Å². The molecule has 1 aromatic heterocycles. The molecule has 0 amide bonds. The summed E-state index contributed by atoms with van der Waals surface area (Å²) in [7, 11) is 0. The fourth-order valence-corrected chi connectivity index (χ4v) is 2.11. The Bertz CT molecular complexity index is 492. The minimum Gasteiger partial charge on any atom is -0.325 e. The molecule has 0 atom stereocenters. The van der Waals surface area contributed by atoms with Crippen molar-refractivity contribution in [2.75, 3.05) is 0 Å². The lowest BCUT2D eigenvalue weighted by Gasteiger charge is -2.07. The van der Waals surface area contributed by atoms with E-state index in [1.54, 1.807) is 0 Å². The Balaban J connectivity index is 2.56. The van der Waals surface area contributed by atoms with Crippen LogP contribution in [0.5, 0.6) is 0 Å². The van der Waals surface area contributed by atoms with Crippen molar-refractivity contribution in [1.82, 2.24) is 15.0 Å². The first kappa shape index (κ1) is 11.3. The first-order valence-corrected chi connectivity index (χ1v) is 5.95. The van der Waals surface area contributed by atoms with E-state index in [1.807, 2.05) is 28.9 Å².